The number of nitrogens with zero attached hydrogens (tertiary/aromatic N) is 1. The minimum Gasteiger partial charge on any atom is -0.495 e. The van der Waals surface area contributed by atoms with E-state index < -0.39 is 0 Å². The molecule has 0 unspecified atom stereocenters. The third-order valence-corrected chi connectivity index (χ3v) is 5.83. The van der Waals surface area contributed by atoms with Gasteiger partial charge in [0.05, 0.1) is 40.3 Å². The molecule has 2 heterocycles. The highest BCUT2D eigenvalue weighted by molar-refractivity contribution is 8.03. The van der Waals surface area contributed by atoms with Crippen LogP contribution in [0.1, 0.15) is 11.3 Å². The fraction of sp³-hybridized carbons (Fsp3) is 0.0909. The summed E-state index contributed by atoms with van der Waals surface area (Å²) in [7, 11) is 1.51. The number of hydrogen-bond donors (Lipinski definition) is 0. The number of carbonyl (C=O) groups excluding carboxylic acids is 2. The standard InChI is InChI=1S/C22H16ClNO4S/c1-27-18-10-9-15(12-17(18)23)24-21(25)19(14-6-3-2-4-7-14)20(22(24)26)29-13-16-8-5-11-28-16/h2-12H,13H2,1H3. The number of furan rings is 1. The number of carbonyl (C=O) groups is 2. The van der Waals surface area contributed by atoms with Gasteiger partial charge in [0.1, 0.15) is 11.5 Å². The van der Waals surface area contributed by atoms with E-state index in [9.17, 15) is 9.59 Å². The topological polar surface area (TPSA) is 59.8 Å². The smallest absolute Gasteiger partial charge is 0.272 e. The van der Waals surface area contributed by atoms with Crippen molar-refractivity contribution >= 4 is 46.4 Å². The molecule has 146 valence electrons. The van der Waals surface area contributed by atoms with Crippen LogP contribution in [0, 0.1) is 0 Å². The maximum atomic E-state index is 13.3. The number of methoxy groups -OCH3 is 1. The van der Waals surface area contributed by atoms with Crippen molar-refractivity contribution in [1.82, 2.24) is 0 Å². The normalized spacial score (nSPS) is 14.1. The Morgan fingerprint density at radius 1 is 1.03 bits per heavy atom. The Kier molecular flexibility index (Phi) is 5.47. The van der Waals surface area contributed by atoms with Crippen LogP contribution in [0.15, 0.2) is 76.2 Å². The second kappa shape index (κ2) is 8.19. The van der Waals surface area contributed by atoms with Gasteiger partial charge in [0, 0.05) is 0 Å². The van der Waals surface area contributed by atoms with Crippen LogP contribution >= 0.6 is 23.4 Å². The number of benzene rings is 2. The van der Waals surface area contributed by atoms with Gasteiger partial charge in [-0.3, -0.25) is 9.59 Å². The van der Waals surface area contributed by atoms with Gasteiger partial charge in [-0.2, -0.15) is 0 Å². The third kappa shape index (κ3) is 3.69. The number of halogens is 1. The molecule has 1 aliphatic rings. The molecule has 0 N–H and O–H groups in total. The first-order valence-corrected chi connectivity index (χ1v) is 10.1. The van der Waals surface area contributed by atoms with Crippen molar-refractivity contribution in [2.45, 2.75) is 5.75 Å². The minimum atomic E-state index is -0.385. The molecule has 0 spiro atoms. The highest BCUT2D eigenvalue weighted by Gasteiger charge is 2.40. The van der Waals surface area contributed by atoms with E-state index in [2.05, 4.69) is 0 Å². The van der Waals surface area contributed by atoms with E-state index in [-0.39, 0.29) is 11.8 Å². The van der Waals surface area contributed by atoms with E-state index in [1.165, 1.54) is 18.9 Å². The predicted octanol–water partition coefficient (Wildman–Crippen LogP) is 5.16. The van der Waals surface area contributed by atoms with Crippen molar-refractivity contribution in [2.24, 2.45) is 0 Å². The van der Waals surface area contributed by atoms with Crippen LogP contribution in [0.3, 0.4) is 0 Å². The van der Waals surface area contributed by atoms with E-state index in [4.69, 9.17) is 20.8 Å². The van der Waals surface area contributed by atoms with Gasteiger partial charge >= 0.3 is 0 Å². The average molecular weight is 426 g/mol. The molecule has 2 amide bonds. The quantitative estimate of drug-likeness (QED) is 0.510. The molecule has 0 atom stereocenters. The largest absolute Gasteiger partial charge is 0.495 e. The van der Waals surface area contributed by atoms with E-state index >= 15 is 0 Å². The first kappa shape index (κ1) is 19.4. The van der Waals surface area contributed by atoms with Gasteiger partial charge in [0.15, 0.2) is 0 Å². The van der Waals surface area contributed by atoms with Crippen molar-refractivity contribution in [2.75, 3.05) is 12.0 Å². The van der Waals surface area contributed by atoms with Crippen molar-refractivity contribution in [3.05, 3.63) is 88.2 Å². The summed E-state index contributed by atoms with van der Waals surface area (Å²) in [5.41, 5.74) is 1.46. The van der Waals surface area contributed by atoms with Gasteiger partial charge < -0.3 is 9.15 Å². The zero-order valence-corrected chi connectivity index (χ0v) is 17.0. The molecule has 1 aliphatic heterocycles. The summed E-state index contributed by atoms with van der Waals surface area (Å²) < 4.78 is 10.5. The van der Waals surface area contributed by atoms with Gasteiger partial charge in [-0.25, -0.2) is 4.90 Å². The first-order valence-electron chi connectivity index (χ1n) is 8.77. The Balaban J connectivity index is 1.74. The van der Waals surface area contributed by atoms with Crippen LogP contribution in [0.2, 0.25) is 5.02 Å². The Bertz CT molecular complexity index is 1090. The first-order chi connectivity index (χ1) is 14.1. The number of rotatable bonds is 6. The van der Waals surface area contributed by atoms with E-state index in [0.29, 0.717) is 38.3 Å². The van der Waals surface area contributed by atoms with Crippen LogP contribution in [0.4, 0.5) is 5.69 Å². The molecule has 0 fully saturated rings. The van der Waals surface area contributed by atoms with Crippen LogP contribution in [0.5, 0.6) is 5.75 Å². The summed E-state index contributed by atoms with van der Waals surface area (Å²) in [5, 5.41) is 0.323. The number of thioether (sulfide) groups is 1. The van der Waals surface area contributed by atoms with E-state index in [0.717, 1.165) is 10.7 Å². The molecule has 5 nitrogen and oxygen atoms in total. The third-order valence-electron chi connectivity index (χ3n) is 4.44. The lowest BCUT2D eigenvalue weighted by Crippen LogP contribution is -2.31. The number of imide groups is 1. The summed E-state index contributed by atoms with van der Waals surface area (Å²) in [6.45, 7) is 0. The summed E-state index contributed by atoms with van der Waals surface area (Å²) >= 11 is 7.50. The summed E-state index contributed by atoms with van der Waals surface area (Å²) in [6.07, 6.45) is 1.58. The molecule has 0 radical (unpaired) electrons. The molecule has 2 aromatic carbocycles. The number of amides is 2. The summed E-state index contributed by atoms with van der Waals surface area (Å²) in [4.78, 5) is 28.1. The highest BCUT2D eigenvalue weighted by atomic mass is 35.5. The van der Waals surface area contributed by atoms with Gasteiger partial charge in [0.2, 0.25) is 0 Å². The van der Waals surface area contributed by atoms with E-state index in [1.807, 2.05) is 36.4 Å². The monoisotopic (exact) mass is 425 g/mol. The molecule has 3 aromatic rings. The van der Waals surface area contributed by atoms with Gasteiger partial charge in [-0.05, 0) is 35.9 Å². The zero-order valence-electron chi connectivity index (χ0n) is 15.4. The molecular weight excluding hydrogens is 410 g/mol. The number of anilines is 1. The molecule has 0 saturated heterocycles. The second-order valence-corrected chi connectivity index (χ2v) is 7.60. The van der Waals surface area contributed by atoms with Crippen LogP contribution in [-0.4, -0.2) is 18.9 Å². The lowest BCUT2D eigenvalue weighted by Gasteiger charge is -2.16. The molecule has 29 heavy (non-hydrogen) atoms. The Hall–Kier alpha value is -2.96. The average Bonchev–Trinajstić information content (AvgIpc) is 3.33. The Morgan fingerprint density at radius 3 is 2.48 bits per heavy atom. The van der Waals surface area contributed by atoms with Crippen LogP contribution in [0.25, 0.3) is 5.57 Å². The predicted molar refractivity (Wildman–Crippen MR) is 114 cm³/mol. The zero-order chi connectivity index (χ0) is 20.4. The van der Waals surface area contributed by atoms with Crippen LogP contribution in [-0.2, 0) is 15.3 Å². The van der Waals surface area contributed by atoms with Crippen molar-refractivity contribution < 1.29 is 18.7 Å². The van der Waals surface area contributed by atoms with Gasteiger partial charge in [-0.15, -0.1) is 11.8 Å². The SMILES string of the molecule is COc1ccc(N2C(=O)C(SCc3ccco3)=C(c3ccccc3)C2=O)cc1Cl. The molecule has 0 bridgehead atoms. The molecule has 0 aliphatic carbocycles. The second-order valence-electron chi connectivity index (χ2n) is 6.20. The molecule has 0 saturated carbocycles. The van der Waals surface area contributed by atoms with Crippen LogP contribution < -0.4 is 9.64 Å². The van der Waals surface area contributed by atoms with Crippen molar-refractivity contribution in [3.63, 3.8) is 0 Å². The Morgan fingerprint density at radius 2 is 1.83 bits per heavy atom. The molecule has 7 heteroatoms. The highest BCUT2D eigenvalue weighted by Crippen LogP contribution is 2.40. The summed E-state index contributed by atoms with van der Waals surface area (Å²) in [6, 6.07) is 17.6. The van der Waals surface area contributed by atoms with E-state index in [1.54, 1.807) is 30.5 Å². The number of ether oxygens (including phenoxy) is 1. The maximum absolute atomic E-state index is 13.3. The van der Waals surface area contributed by atoms with Gasteiger partial charge in [-0.1, -0.05) is 41.9 Å². The van der Waals surface area contributed by atoms with Crippen molar-refractivity contribution in [3.8, 4) is 5.75 Å². The summed E-state index contributed by atoms with van der Waals surface area (Å²) in [5.74, 6) is 0.866. The number of hydrogen-bond acceptors (Lipinski definition) is 5. The molecular formula is C22H16ClNO4S. The fourth-order valence-electron chi connectivity index (χ4n) is 3.07. The van der Waals surface area contributed by atoms with Gasteiger partial charge in [0.25, 0.3) is 11.8 Å². The molecule has 1 aromatic heterocycles. The molecule has 4 rings (SSSR count). The lowest BCUT2D eigenvalue weighted by atomic mass is 10.1. The maximum Gasteiger partial charge on any atom is 0.272 e. The van der Waals surface area contributed by atoms with Crippen molar-refractivity contribution in [1.29, 1.82) is 0 Å². The minimum absolute atomic E-state index is 0.323. The lowest BCUT2D eigenvalue weighted by molar-refractivity contribution is -0.119. The fourth-order valence-corrected chi connectivity index (χ4v) is 4.34. The Labute approximate surface area is 176 Å².